The SMILES string of the molecule is Cc1ccc(-c2csc(=S)n2CC(=O)NC(C)CCc2ccco2)cc1. The molecule has 0 aliphatic rings. The minimum atomic E-state index is -0.0280. The van der Waals surface area contributed by atoms with Gasteiger partial charge in [-0.05, 0) is 50.2 Å². The fourth-order valence-corrected chi connectivity index (χ4v) is 3.85. The molecule has 2 heterocycles. The summed E-state index contributed by atoms with van der Waals surface area (Å²) in [4.78, 5) is 12.5. The Morgan fingerprint density at radius 3 is 2.77 bits per heavy atom. The summed E-state index contributed by atoms with van der Waals surface area (Å²) < 4.78 is 7.94. The molecule has 0 bridgehead atoms. The van der Waals surface area contributed by atoms with Crippen LogP contribution in [0.5, 0.6) is 0 Å². The van der Waals surface area contributed by atoms with Crippen LogP contribution in [0.15, 0.2) is 52.5 Å². The van der Waals surface area contributed by atoms with E-state index in [1.165, 1.54) is 16.9 Å². The van der Waals surface area contributed by atoms with Crippen molar-refractivity contribution >= 4 is 29.5 Å². The van der Waals surface area contributed by atoms with Crippen LogP contribution in [0, 0.1) is 10.9 Å². The largest absolute Gasteiger partial charge is 0.469 e. The van der Waals surface area contributed by atoms with E-state index in [-0.39, 0.29) is 18.5 Å². The van der Waals surface area contributed by atoms with Crippen LogP contribution >= 0.6 is 23.6 Å². The molecule has 4 nitrogen and oxygen atoms in total. The van der Waals surface area contributed by atoms with Gasteiger partial charge in [-0.1, -0.05) is 29.8 Å². The molecule has 0 radical (unpaired) electrons. The normalized spacial score (nSPS) is 12.1. The molecular weight excluding hydrogens is 364 g/mol. The van der Waals surface area contributed by atoms with Gasteiger partial charge in [-0.25, -0.2) is 0 Å². The predicted octanol–water partition coefficient (Wildman–Crippen LogP) is 4.99. The predicted molar refractivity (Wildman–Crippen MR) is 108 cm³/mol. The Labute approximate surface area is 162 Å². The van der Waals surface area contributed by atoms with Gasteiger partial charge in [0.15, 0.2) is 3.95 Å². The third-order valence-electron chi connectivity index (χ3n) is 4.24. The van der Waals surface area contributed by atoms with Crippen molar-refractivity contribution in [2.75, 3.05) is 0 Å². The van der Waals surface area contributed by atoms with Crippen molar-refractivity contribution < 1.29 is 9.21 Å². The van der Waals surface area contributed by atoms with E-state index in [1.807, 2.05) is 29.0 Å². The highest BCUT2D eigenvalue weighted by Gasteiger charge is 2.13. The number of rotatable bonds is 7. The molecule has 0 saturated heterocycles. The van der Waals surface area contributed by atoms with Crippen molar-refractivity contribution in [2.24, 2.45) is 0 Å². The zero-order valence-electron chi connectivity index (χ0n) is 14.9. The fraction of sp³-hybridized carbons (Fsp3) is 0.300. The smallest absolute Gasteiger partial charge is 0.240 e. The van der Waals surface area contributed by atoms with Crippen molar-refractivity contribution in [3.8, 4) is 11.3 Å². The van der Waals surface area contributed by atoms with Gasteiger partial charge in [0, 0.05) is 17.8 Å². The zero-order valence-corrected chi connectivity index (χ0v) is 16.5. The second-order valence-corrected chi connectivity index (χ2v) is 7.93. The molecule has 136 valence electrons. The Bertz CT molecular complexity index is 908. The van der Waals surface area contributed by atoms with Gasteiger partial charge in [0.25, 0.3) is 0 Å². The van der Waals surface area contributed by atoms with Gasteiger partial charge < -0.3 is 14.3 Å². The van der Waals surface area contributed by atoms with E-state index in [1.54, 1.807) is 6.26 Å². The summed E-state index contributed by atoms with van der Waals surface area (Å²) in [5.74, 6) is 0.910. The number of nitrogens with one attached hydrogen (secondary N) is 1. The fourth-order valence-electron chi connectivity index (χ4n) is 2.78. The lowest BCUT2D eigenvalue weighted by Crippen LogP contribution is -2.35. The van der Waals surface area contributed by atoms with E-state index >= 15 is 0 Å². The van der Waals surface area contributed by atoms with Crippen LogP contribution in [-0.4, -0.2) is 16.5 Å². The Morgan fingerprint density at radius 1 is 1.31 bits per heavy atom. The minimum absolute atomic E-state index is 0.0280. The number of carbonyl (C=O) groups excluding carboxylic acids is 1. The molecule has 26 heavy (non-hydrogen) atoms. The van der Waals surface area contributed by atoms with Crippen molar-refractivity contribution in [2.45, 2.75) is 39.3 Å². The van der Waals surface area contributed by atoms with E-state index in [4.69, 9.17) is 16.6 Å². The summed E-state index contributed by atoms with van der Waals surface area (Å²) in [6, 6.07) is 12.2. The van der Waals surface area contributed by atoms with Crippen LogP contribution in [0.25, 0.3) is 11.3 Å². The molecular formula is C20H22N2O2S2. The van der Waals surface area contributed by atoms with E-state index in [0.717, 1.165) is 29.9 Å². The summed E-state index contributed by atoms with van der Waals surface area (Å²) in [7, 11) is 0. The topological polar surface area (TPSA) is 47.2 Å². The quantitative estimate of drug-likeness (QED) is 0.582. The summed E-state index contributed by atoms with van der Waals surface area (Å²) in [5.41, 5.74) is 3.26. The molecule has 0 saturated carbocycles. The van der Waals surface area contributed by atoms with Crippen LogP contribution < -0.4 is 5.32 Å². The summed E-state index contributed by atoms with van der Waals surface area (Å²) in [6.07, 6.45) is 3.31. The molecule has 1 unspecified atom stereocenters. The number of hydrogen-bond donors (Lipinski definition) is 1. The maximum atomic E-state index is 12.5. The van der Waals surface area contributed by atoms with Crippen LogP contribution in [-0.2, 0) is 17.8 Å². The van der Waals surface area contributed by atoms with Crippen LogP contribution in [0.3, 0.4) is 0 Å². The number of carbonyl (C=O) groups is 1. The number of aromatic nitrogens is 1. The van der Waals surface area contributed by atoms with Gasteiger partial charge in [0.1, 0.15) is 12.3 Å². The second-order valence-electron chi connectivity index (χ2n) is 6.43. The van der Waals surface area contributed by atoms with E-state index in [9.17, 15) is 4.79 Å². The molecule has 0 fully saturated rings. The monoisotopic (exact) mass is 386 g/mol. The molecule has 3 rings (SSSR count). The maximum Gasteiger partial charge on any atom is 0.240 e. The molecule has 0 spiro atoms. The number of aryl methyl sites for hydroxylation is 2. The summed E-state index contributed by atoms with van der Waals surface area (Å²) >= 11 is 6.91. The molecule has 0 aliphatic heterocycles. The van der Waals surface area contributed by atoms with Gasteiger partial charge in [0.05, 0.1) is 12.0 Å². The molecule has 2 aromatic heterocycles. The number of hydrogen-bond acceptors (Lipinski definition) is 4. The molecule has 1 atom stereocenters. The third kappa shape index (κ3) is 4.71. The van der Waals surface area contributed by atoms with E-state index < -0.39 is 0 Å². The van der Waals surface area contributed by atoms with E-state index in [2.05, 4.69) is 36.5 Å². The second kappa shape index (κ2) is 8.47. The first kappa shape index (κ1) is 18.6. The lowest BCUT2D eigenvalue weighted by molar-refractivity contribution is -0.122. The number of thiazole rings is 1. The molecule has 0 aliphatic carbocycles. The first-order valence-corrected chi connectivity index (χ1v) is 9.89. The van der Waals surface area contributed by atoms with Crippen LogP contribution in [0.1, 0.15) is 24.7 Å². The minimum Gasteiger partial charge on any atom is -0.469 e. The Balaban J connectivity index is 1.63. The zero-order chi connectivity index (χ0) is 18.5. The standard InChI is InChI=1S/C20H22N2O2S2/c1-14-5-8-16(9-6-14)18-13-26-20(25)22(18)12-19(23)21-15(2)7-10-17-4-3-11-24-17/h3-6,8-9,11,13,15H,7,10,12H2,1-2H3,(H,21,23). The van der Waals surface area contributed by atoms with Gasteiger partial charge in [-0.2, -0.15) is 0 Å². The van der Waals surface area contributed by atoms with Crippen molar-refractivity contribution in [3.05, 3.63) is 63.3 Å². The lowest BCUT2D eigenvalue weighted by Gasteiger charge is -2.15. The highest BCUT2D eigenvalue weighted by molar-refractivity contribution is 7.73. The van der Waals surface area contributed by atoms with Crippen LogP contribution in [0.4, 0.5) is 0 Å². The van der Waals surface area contributed by atoms with E-state index in [0.29, 0.717) is 3.95 Å². The van der Waals surface area contributed by atoms with Crippen molar-refractivity contribution in [1.82, 2.24) is 9.88 Å². The van der Waals surface area contributed by atoms with Gasteiger partial charge in [-0.15, -0.1) is 11.3 Å². The number of benzene rings is 1. The Kier molecular flexibility index (Phi) is 6.06. The summed E-state index contributed by atoms with van der Waals surface area (Å²) in [5, 5.41) is 5.07. The Hall–Kier alpha value is -2.18. The van der Waals surface area contributed by atoms with Gasteiger partial charge in [0.2, 0.25) is 5.91 Å². The highest BCUT2D eigenvalue weighted by Crippen LogP contribution is 2.24. The number of amides is 1. The molecule has 3 aromatic rings. The average molecular weight is 387 g/mol. The average Bonchev–Trinajstić information content (AvgIpc) is 3.25. The molecule has 1 N–H and O–H groups in total. The number of nitrogens with zero attached hydrogens (tertiary/aromatic N) is 1. The van der Waals surface area contributed by atoms with Gasteiger partial charge >= 0.3 is 0 Å². The lowest BCUT2D eigenvalue weighted by atomic mass is 10.1. The summed E-state index contributed by atoms with van der Waals surface area (Å²) in [6.45, 7) is 4.30. The maximum absolute atomic E-state index is 12.5. The van der Waals surface area contributed by atoms with Crippen LogP contribution in [0.2, 0.25) is 0 Å². The highest BCUT2D eigenvalue weighted by atomic mass is 32.1. The molecule has 1 amide bonds. The van der Waals surface area contributed by atoms with Crippen molar-refractivity contribution in [1.29, 1.82) is 0 Å². The molecule has 1 aromatic carbocycles. The molecule has 6 heteroatoms. The third-order valence-corrected chi connectivity index (χ3v) is 5.52. The first-order valence-electron chi connectivity index (χ1n) is 8.60. The van der Waals surface area contributed by atoms with Gasteiger partial charge in [-0.3, -0.25) is 4.79 Å². The van der Waals surface area contributed by atoms with Crippen molar-refractivity contribution in [3.63, 3.8) is 0 Å². The Morgan fingerprint density at radius 2 is 2.08 bits per heavy atom. The number of furan rings is 1. The first-order chi connectivity index (χ1) is 12.5.